The fourth-order valence-corrected chi connectivity index (χ4v) is 6.18. The Labute approximate surface area is 155 Å². The maximum absolute atomic E-state index is 12.7. The molecule has 0 aliphatic rings. The Morgan fingerprint density at radius 2 is 1.35 bits per heavy atom. The van der Waals surface area contributed by atoms with Crippen LogP contribution in [0.1, 0.15) is 23.7 Å². The minimum atomic E-state index is -2.20. The highest BCUT2D eigenvalue weighted by atomic mass is 31.2. The molecule has 0 fully saturated rings. The predicted molar refractivity (Wildman–Crippen MR) is 113 cm³/mol. The van der Waals surface area contributed by atoms with Crippen LogP contribution in [0.15, 0.2) is 84.9 Å². The van der Waals surface area contributed by atoms with E-state index in [0.29, 0.717) is 12.2 Å². The summed E-state index contributed by atoms with van der Waals surface area (Å²) in [5, 5.41) is 3.24. The third-order valence-electron chi connectivity index (χ3n) is 4.37. The van der Waals surface area contributed by atoms with Crippen LogP contribution < -0.4 is 15.9 Å². The van der Waals surface area contributed by atoms with Gasteiger partial charge in [0.15, 0.2) is 0 Å². The van der Waals surface area contributed by atoms with Gasteiger partial charge in [-0.2, -0.15) is 0 Å². The Hall–Kier alpha value is -2.57. The van der Waals surface area contributed by atoms with E-state index in [2.05, 4.69) is 24.3 Å². The Morgan fingerprint density at radius 1 is 0.846 bits per heavy atom. The van der Waals surface area contributed by atoms with Gasteiger partial charge in [-0.1, -0.05) is 92.1 Å². The van der Waals surface area contributed by atoms with E-state index in [1.54, 1.807) is 0 Å². The quantitative estimate of drug-likeness (QED) is 0.490. The number of hydrogen-bond donors (Lipinski definition) is 0. The SMILES string of the molecule is C=P(c1ccccc1)(c1ccccc1)c1ccccc1C(=O)OCCC. The molecular weight excluding hydrogens is 339 g/mol. The summed E-state index contributed by atoms with van der Waals surface area (Å²) >= 11 is 0. The minimum absolute atomic E-state index is 0.276. The molecule has 0 heterocycles. The molecule has 0 aromatic heterocycles. The summed E-state index contributed by atoms with van der Waals surface area (Å²) < 4.78 is 5.44. The number of esters is 1. The summed E-state index contributed by atoms with van der Waals surface area (Å²) in [5.74, 6) is -0.276. The molecule has 3 aromatic carbocycles. The maximum atomic E-state index is 12.7. The third kappa shape index (κ3) is 3.52. The van der Waals surface area contributed by atoms with Crippen LogP contribution in [-0.2, 0) is 4.74 Å². The second kappa shape index (κ2) is 8.21. The first-order chi connectivity index (χ1) is 12.7. The first-order valence-corrected chi connectivity index (χ1v) is 10.8. The van der Waals surface area contributed by atoms with Gasteiger partial charge >= 0.3 is 5.97 Å². The maximum Gasteiger partial charge on any atom is 0.338 e. The van der Waals surface area contributed by atoms with Gasteiger partial charge in [0.05, 0.1) is 12.2 Å². The van der Waals surface area contributed by atoms with Gasteiger partial charge in [-0.15, -0.1) is 0 Å². The number of hydrogen-bond acceptors (Lipinski definition) is 2. The highest BCUT2D eigenvalue weighted by Crippen LogP contribution is 2.42. The molecule has 0 N–H and O–H groups in total. The monoisotopic (exact) mass is 362 g/mol. The lowest BCUT2D eigenvalue weighted by atomic mass is 10.2. The standard InChI is InChI=1S/C23H23O2P/c1-3-18-25-23(24)21-16-10-11-17-22(21)26(2,19-12-6-4-7-13-19)20-14-8-5-9-15-20/h4-17H,2-3,18H2,1H3. The van der Waals surface area contributed by atoms with Crippen LogP contribution in [0.4, 0.5) is 0 Å². The van der Waals surface area contributed by atoms with E-state index in [1.807, 2.05) is 67.6 Å². The molecule has 132 valence electrons. The topological polar surface area (TPSA) is 26.3 Å². The lowest BCUT2D eigenvalue weighted by Gasteiger charge is -2.28. The first-order valence-electron chi connectivity index (χ1n) is 8.79. The molecule has 0 saturated carbocycles. The van der Waals surface area contributed by atoms with Gasteiger partial charge in [-0.05, 0) is 35.3 Å². The van der Waals surface area contributed by atoms with Crippen molar-refractivity contribution >= 4 is 35.1 Å². The normalized spacial score (nSPS) is 11.1. The number of rotatable bonds is 6. The lowest BCUT2D eigenvalue weighted by Crippen LogP contribution is -2.29. The zero-order valence-corrected chi connectivity index (χ0v) is 15.9. The molecule has 3 aromatic rings. The van der Waals surface area contributed by atoms with Gasteiger partial charge in [0.1, 0.15) is 0 Å². The van der Waals surface area contributed by atoms with Crippen molar-refractivity contribution in [2.45, 2.75) is 13.3 Å². The van der Waals surface area contributed by atoms with Crippen LogP contribution in [0.2, 0.25) is 0 Å². The largest absolute Gasteiger partial charge is 0.462 e. The minimum Gasteiger partial charge on any atom is -0.462 e. The summed E-state index contributed by atoms with van der Waals surface area (Å²) in [7, 11) is 0. The van der Waals surface area contributed by atoms with Crippen LogP contribution >= 0.6 is 6.89 Å². The Balaban J connectivity index is 2.22. The molecule has 0 saturated heterocycles. The van der Waals surface area contributed by atoms with Crippen molar-refractivity contribution in [3.05, 3.63) is 90.5 Å². The molecular formula is C23H23O2P. The van der Waals surface area contributed by atoms with Crippen LogP contribution in [0.3, 0.4) is 0 Å². The molecule has 0 spiro atoms. The van der Waals surface area contributed by atoms with Crippen LogP contribution in [0, 0.1) is 0 Å². The summed E-state index contributed by atoms with van der Waals surface area (Å²) in [4.78, 5) is 12.7. The van der Waals surface area contributed by atoms with E-state index < -0.39 is 6.89 Å². The first kappa shape index (κ1) is 18.2. The highest BCUT2D eigenvalue weighted by molar-refractivity contribution is 7.93. The molecule has 3 heteroatoms. The molecule has 0 unspecified atom stereocenters. The second-order valence-corrected chi connectivity index (χ2v) is 9.27. The number of ether oxygens (including phenoxy) is 1. The summed E-state index contributed by atoms with van der Waals surface area (Å²) in [6.07, 6.45) is 5.51. The second-order valence-electron chi connectivity index (χ2n) is 6.13. The predicted octanol–water partition coefficient (Wildman–Crippen LogP) is 3.98. The van der Waals surface area contributed by atoms with Crippen molar-refractivity contribution in [3.63, 3.8) is 0 Å². The van der Waals surface area contributed by atoms with Gasteiger partial charge in [0.2, 0.25) is 0 Å². The van der Waals surface area contributed by atoms with Crippen LogP contribution in [-0.4, -0.2) is 18.9 Å². The van der Waals surface area contributed by atoms with E-state index in [0.717, 1.165) is 22.3 Å². The van der Waals surface area contributed by atoms with Crippen LogP contribution in [0.25, 0.3) is 0 Å². The van der Waals surface area contributed by atoms with Crippen LogP contribution in [0.5, 0.6) is 0 Å². The Bertz CT molecular complexity index is 874. The van der Waals surface area contributed by atoms with Gasteiger partial charge < -0.3 is 4.74 Å². The Morgan fingerprint density at radius 3 is 1.88 bits per heavy atom. The number of benzene rings is 3. The molecule has 0 aliphatic heterocycles. The van der Waals surface area contributed by atoms with Crippen molar-refractivity contribution in [3.8, 4) is 0 Å². The van der Waals surface area contributed by atoms with E-state index in [1.165, 1.54) is 0 Å². The zero-order chi connectivity index (χ0) is 18.4. The molecule has 0 atom stereocenters. The molecule has 0 radical (unpaired) electrons. The van der Waals surface area contributed by atoms with Gasteiger partial charge in [-0.3, -0.25) is 0 Å². The van der Waals surface area contributed by atoms with Crippen molar-refractivity contribution in [1.82, 2.24) is 0 Å². The Kier molecular flexibility index (Phi) is 5.75. The number of carbonyl (C=O) groups excluding carboxylic acids is 1. The molecule has 0 aliphatic carbocycles. The van der Waals surface area contributed by atoms with Crippen molar-refractivity contribution in [2.75, 3.05) is 6.61 Å². The fraction of sp³-hybridized carbons (Fsp3) is 0.130. The van der Waals surface area contributed by atoms with E-state index in [-0.39, 0.29) is 5.97 Å². The van der Waals surface area contributed by atoms with Crippen molar-refractivity contribution in [2.24, 2.45) is 0 Å². The van der Waals surface area contributed by atoms with E-state index >= 15 is 0 Å². The molecule has 0 bridgehead atoms. The third-order valence-corrected chi connectivity index (χ3v) is 7.94. The average molecular weight is 362 g/mol. The van der Waals surface area contributed by atoms with E-state index in [9.17, 15) is 4.79 Å². The smallest absolute Gasteiger partial charge is 0.338 e. The zero-order valence-electron chi connectivity index (χ0n) is 15.0. The molecule has 3 rings (SSSR count). The summed E-state index contributed by atoms with van der Waals surface area (Å²) in [6, 6.07) is 28.2. The summed E-state index contributed by atoms with van der Waals surface area (Å²) in [5.41, 5.74) is 0.608. The number of carbonyl (C=O) groups is 1. The molecule has 0 amide bonds. The van der Waals surface area contributed by atoms with Crippen molar-refractivity contribution in [1.29, 1.82) is 0 Å². The molecule has 26 heavy (non-hydrogen) atoms. The van der Waals surface area contributed by atoms with Gasteiger partial charge in [0, 0.05) is 0 Å². The lowest BCUT2D eigenvalue weighted by molar-refractivity contribution is 0.0507. The summed E-state index contributed by atoms with van der Waals surface area (Å²) in [6.45, 7) is 0.214. The fourth-order valence-electron chi connectivity index (χ4n) is 3.04. The average Bonchev–Trinajstić information content (AvgIpc) is 2.72. The van der Waals surface area contributed by atoms with Gasteiger partial charge in [-0.25, -0.2) is 4.79 Å². The van der Waals surface area contributed by atoms with E-state index in [4.69, 9.17) is 11.0 Å². The van der Waals surface area contributed by atoms with Crippen molar-refractivity contribution < 1.29 is 9.53 Å². The van der Waals surface area contributed by atoms with Gasteiger partial charge in [0.25, 0.3) is 0 Å². The highest BCUT2D eigenvalue weighted by Gasteiger charge is 2.27. The molecule has 2 nitrogen and oxygen atoms in total.